The third-order valence-electron chi connectivity index (χ3n) is 5.89. The SMILES string of the molecule is CC(Sc1nnc(-c2ccccc2Cl)n1C1CCCC1)C(=O)NC(C)(C#N)C(C)C. The molecule has 2 atom stereocenters. The summed E-state index contributed by atoms with van der Waals surface area (Å²) in [6.45, 7) is 7.44. The van der Waals surface area contributed by atoms with E-state index in [0.29, 0.717) is 16.2 Å². The Morgan fingerprint density at radius 3 is 2.57 bits per heavy atom. The maximum atomic E-state index is 12.8. The van der Waals surface area contributed by atoms with E-state index < -0.39 is 10.8 Å². The standard InChI is InChI=1S/C22H28ClN5OS/c1-14(2)22(4,13-24)25-20(29)15(3)30-21-27-26-19(17-11-7-8-12-18(17)23)28(21)16-9-5-6-10-16/h7-8,11-12,14-16H,5-6,9-10H2,1-4H3,(H,25,29). The zero-order valence-corrected chi connectivity index (χ0v) is 19.4. The fourth-order valence-corrected chi connectivity index (χ4v) is 4.69. The average molecular weight is 446 g/mol. The minimum atomic E-state index is -0.909. The van der Waals surface area contributed by atoms with E-state index in [2.05, 4.69) is 26.2 Å². The summed E-state index contributed by atoms with van der Waals surface area (Å²) < 4.78 is 2.15. The van der Waals surface area contributed by atoms with Crippen LogP contribution < -0.4 is 5.32 Å². The van der Waals surface area contributed by atoms with E-state index in [0.717, 1.165) is 24.2 Å². The average Bonchev–Trinajstić information content (AvgIpc) is 3.37. The summed E-state index contributed by atoms with van der Waals surface area (Å²) in [7, 11) is 0. The number of amides is 1. The van der Waals surface area contributed by atoms with Gasteiger partial charge in [0.05, 0.1) is 16.3 Å². The highest BCUT2D eigenvalue weighted by Crippen LogP contribution is 2.39. The predicted octanol–water partition coefficient (Wildman–Crippen LogP) is 5.25. The Labute approximate surface area is 187 Å². The van der Waals surface area contributed by atoms with Crippen molar-refractivity contribution in [3.8, 4) is 17.5 Å². The van der Waals surface area contributed by atoms with Gasteiger partial charge in [-0.25, -0.2) is 0 Å². The third-order valence-corrected chi connectivity index (χ3v) is 7.28. The van der Waals surface area contributed by atoms with Crippen molar-refractivity contribution in [2.45, 2.75) is 75.4 Å². The van der Waals surface area contributed by atoms with Crippen molar-refractivity contribution in [2.75, 3.05) is 0 Å². The highest BCUT2D eigenvalue weighted by molar-refractivity contribution is 8.00. The highest BCUT2D eigenvalue weighted by atomic mass is 35.5. The van der Waals surface area contributed by atoms with Gasteiger partial charge in [0.25, 0.3) is 0 Å². The molecule has 2 aromatic rings. The lowest BCUT2D eigenvalue weighted by Gasteiger charge is -2.28. The van der Waals surface area contributed by atoms with Crippen LogP contribution in [0.3, 0.4) is 0 Å². The Balaban J connectivity index is 1.88. The van der Waals surface area contributed by atoms with Gasteiger partial charge in [-0.15, -0.1) is 10.2 Å². The van der Waals surface area contributed by atoms with E-state index in [1.54, 1.807) is 6.92 Å². The molecule has 1 fully saturated rings. The summed E-state index contributed by atoms with van der Waals surface area (Å²) in [6, 6.07) is 10.1. The first-order valence-electron chi connectivity index (χ1n) is 10.4. The lowest BCUT2D eigenvalue weighted by Crippen LogP contribution is -2.51. The lowest BCUT2D eigenvalue weighted by atomic mass is 9.90. The number of hydrogen-bond acceptors (Lipinski definition) is 5. The Morgan fingerprint density at radius 1 is 1.30 bits per heavy atom. The Bertz CT molecular complexity index is 947. The molecule has 0 radical (unpaired) electrons. The molecule has 0 aliphatic heterocycles. The normalized spacial score (nSPS) is 17.5. The summed E-state index contributed by atoms with van der Waals surface area (Å²) in [6.07, 6.45) is 4.45. The summed E-state index contributed by atoms with van der Waals surface area (Å²) in [4.78, 5) is 12.8. The van der Waals surface area contributed by atoms with Gasteiger partial charge in [-0.1, -0.05) is 62.2 Å². The number of carbonyl (C=O) groups excluding carboxylic acids is 1. The van der Waals surface area contributed by atoms with Gasteiger partial charge < -0.3 is 5.32 Å². The van der Waals surface area contributed by atoms with E-state index in [1.165, 1.54) is 24.6 Å². The zero-order chi connectivity index (χ0) is 21.9. The van der Waals surface area contributed by atoms with Crippen molar-refractivity contribution in [1.82, 2.24) is 20.1 Å². The first kappa shape index (κ1) is 22.6. The number of carbonyl (C=O) groups is 1. The number of aromatic nitrogens is 3. The van der Waals surface area contributed by atoms with Crippen molar-refractivity contribution < 1.29 is 4.79 Å². The molecule has 0 spiro atoms. The van der Waals surface area contributed by atoms with Crippen molar-refractivity contribution in [2.24, 2.45) is 5.92 Å². The molecule has 30 heavy (non-hydrogen) atoms. The number of benzene rings is 1. The van der Waals surface area contributed by atoms with Crippen LogP contribution in [0.25, 0.3) is 11.4 Å². The van der Waals surface area contributed by atoms with Gasteiger partial charge >= 0.3 is 0 Å². The molecule has 0 bridgehead atoms. The molecular formula is C22H28ClN5OS. The molecule has 6 nitrogen and oxygen atoms in total. The molecule has 160 valence electrons. The van der Waals surface area contributed by atoms with Gasteiger partial charge in [-0.05, 0) is 44.7 Å². The largest absolute Gasteiger partial charge is 0.337 e. The maximum absolute atomic E-state index is 12.8. The first-order valence-corrected chi connectivity index (χ1v) is 11.6. The summed E-state index contributed by atoms with van der Waals surface area (Å²) in [5.74, 6) is 0.558. The monoisotopic (exact) mass is 445 g/mol. The van der Waals surface area contributed by atoms with Crippen molar-refractivity contribution in [3.63, 3.8) is 0 Å². The molecule has 1 aromatic heterocycles. The van der Waals surface area contributed by atoms with E-state index in [9.17, 15) is 10.1 Å². The van der Waals surface area contributed by atoms with Crippen LogP contribution in [0.15, 0.2) is 29.4 Å². The summed E-state index contributed by atoms with van der Waals surface area (Å²) in [5.41, 5.74) is -0.0623. The maximum Gasteiger partial charge on any atom is 0.234 e. The van der Waals surface area contributed by atoms with E-state index >= 15 is 0 Å². The van der Waals surface area contributed by atoms with Crippen LogP contribution in [0.2, 0.25) is 5.02 Å². The van der Waals surface area contributed by atoms with Crippen LogP contribution in [0, 0.1) is 17.2 Å². The molecule has 0 saturated heterocycles. The first-order chi connectivity index (χ1) is 14.3. The Morgan fingerprint density at radius 2 is 1.97 bits per heavy atom. The van der Waals surface area contributed by atoms with Crippen LogP contribution in [0.4, 0.5) is 0 Å². The number of hydrogen-bond donors (Lipinski definition) is 1. The molecule has 1 aromatic carbocycles. The highest BCUT2D eigenvalue weighted by Gasteiger charge is 2.33. The Kier molecular flexibility index (Phi) is 7.10. The van der Waals surface area contributed by atoms with Crippen LogP contribution in [-0.2, 0) is 4.79 Å². The zero-order valence-electron chi connectivity index (χ0n) is 17.9. The summed E-state index contributed by atoms with van der Waals surface area (Å²) in [5, 5.41) is 22.2. The molecule has 1 heterocycles. The predicted molar refractivity (Wildman–Crippen MR) is 120 cm³/mol. The topological polar surface area (TPSA) is 83.6 Å². The van der Waals surface area contributed by atoms with Crippen LogP contribution in [0.5, 0.6) is 0 Å². The molecular weight excluding hydrogens is 418 g/mol. The fraction of sp³-hybridized carbons (Fsp3) is 0.545. The second-order valence-electron chi connectivity index (χ2n) is 8.31. The molecule has 2 unspecified atom stereocenters. The minimum Gasteiger partial charge on any atom is -0.337 e. The quantitative estimate of drug-likeness (QED) is 0.588. The van der Waals surface area contributed by atoms with Crippen LogP contribution >= 0.6 is 23.4 Å². The van der Waals surface area contributed by atoms with Gasteiger partial charge in [-0.2, -0.15) is 5.26 Å². The van der Waals surface area contributed by atoms with Crippen LogP contribution in [-0.4, -0.2) is 31.5 Å². The molecule has 8 heteroatoms. The second kappa shape index (κ2) is 9.40. The number of halogens is 1. The number of nitrogens with one attached hydrogen (secondary N) is 1. The van der Waals surface area contributed by atoms with Gasteiger partial charge in [0.1, 0.15) is 5.54 Å². The number of thioether (sulfide) groups is 1. The molecule has 3 rings (SSSR count). The van der Waals surface area contributed by atoms with Crippen molar-refractivity contribution in [1.29, 1.82) is 5.26 Å². The van der Waals surface area contributed by atoms with Gasteiger partial charge in [-0.3, -0.25) is 9.36 Å². The number of nitrogens with zero attached hydrogens (tertiary/aromatic N) is 4. The van der Waals surface area contributed by atoms with E-state index in [1.807, 2.05) is 45.0 Å². The third kappa shape index (κ3) is 4.65. The van der Waals surface area contributed by atoms with Gasteiger partial charge in [0, 0.05) is 11.6 Å². The lowest BCUT2D eigenvalue weighted by molar-refractivity contribution is -0.121. The fourth-order valence-electron chi connectivity index (χ4n) is 3.55. The molecule has 1 saturated carbocycles. The minimum absolute atomic E-state index is 0.00221. The van der Waals surface area contributed by atoms with Crippen molar-refractivity contribution in [3.05, 3.63) is 29.3 Å². The smallest absolute Gasteiger partial charge is 0.234 e. The van der Waals surface area contributed by atoms with E-state index in [4.69, 9.17) is 11.6 Å². The number of rotatable bonds is 7. The summed E-state index contributed by atoms with van der Waals surface area (Å²) >= 11 is 7.81. The Hall–Kier alpha value is -2.04. The molecule has 1 aliphatic carbocycles. The van der Waals surface area contributed by atoms with Crippen molar-refractivity contribution >= 4 is 29.3 Å². The number of nitriles is 1. The van der Waals surface area contributed by atoms with Gasteiger partial charge in [0.2, 0.25) is 5.91 Å². The molecule has 1 aliphatic rings. The van der Waals surface area contributed by atoms with Crippen LogP contribution in [0.1, 0.15) is 59.4 Å². The van der Waals surface area contributed by atoms with E-state index in [-0.39, 0.29) is 11.8 Å². The molecule has 1 amide bonds. The van der Waals surface area contributed by atoms with Gasteiger partial charge in [0.15, 0.2) is 11.0 Å². The second-order valence-corrected chi connectivity index (χ2v) is 10.0. The molecule has 1 N–H and O–H groups in total.